The van der Waals surface area contributed by atoms with E-state index in [9.17, 15) is 18.0 Å². The van der Waals surface area contributed by atoms with E-state index in [1.54, 1.807) is 36.4 Å². The number of anilines is 1. The third kappa shape index (κ3) is 5.16. The fourth-order valence-electron chi connectivity index (χ4n) is 2.59. The zero-order chi connectivity index (χ0) is 19.3. The summed E-state index contributed by atoms with van der Waals surface area (Å²) in [5.41, 5.74) is 2.24. The number of carboxylic acid groups (broad SMARTS) is 1. The summed E-state index contributed by atoms with van der Waals surface area (Å²) in [6, 6.07) is 11.5. The third-order valence-electron chi connectivity index (χ3n) is 3.92. The van der Waals surface area contributed by atoms with Gasteiger partial charge in [-0.3, -0.25) is 9.59 Å². The van der Waals surface area contributed by atoms with Gasteiger partial charge in [0.15, 0.2) is 9.84 Å². The van der Waals surface area contributed by atoms with Crippen LogP contribution in [0.25, 0.3) is 0 Å². The molecule has 26 heavy (non-hydrogen) atoms. The molecule has 1 amide bonds. The van der Waals surface area contributed by atoms with Crippen LogP contribution in [0.4, 0.5) is 5.69 Å². The molecule has 0 bridgehead atoms. The molecule has 0 fully saturated rings. The second-order valence-electron chi connectivity index (χ2n) is 6.00. The highest BCUT2D eigenvalue weighted by Crippen LogP contribution is 2.20. The molecule has 0 saturated carbocycles. The molecule has 0 aromatic heterocycles. The molecule has 2 rings (SSSR count). The Morgan fingerprint density at radius 1 is 1.12 bits per heavy atom. The molecule has 0 aliphatic heterocycles. The van der Waals surface area contributed by atoms with Crippen LogP contribution in [0.1, 0.15) is 34.8 Å². The minimum atomic E-state index is -3.43. The second-order valence-corrected chi connectivity index (χ2v) is 7.98. The van der Waals surface area contributed by atoms with Gasteiger partial charge in [0.05, 0.1) is 4.90 Å². The molecule has 2 N–H and O–H groups in total. The Morgan fingerprint density at radius 2 is 1.85 bits per heavy atom. The summed E-state index contributed by atoms with van der Waals surface area (Å²) in [6.45, 7) is 1.85. The summed E-state index contributed by atoms with van der Waals surface area (Å²) < 4.78 is 23.9. The SMILES string of the molecule is CCc1ccc(C(=O)Nc2cccc(CCC(=O)O)c2)cc1S(C)(=O)=O. The number of carbonyl (C=O) groups is 2. The smallest absolute Gasteiger partial charge is 0.303 e. The summed E-state index contributed by atoms with van der Waals surface area (Å²) in [6.07, 6.45) is 2.04. The normalized spacial score (nSPS) is 11.2. The molecule has 0 atom stereocenters. The first-order chi connectivity index (χ1) is 12.2. The molecular weight excluding hydrogens is 354 g/mol. The van der Waals surface area contributed by atoms with E-state index in [4.69, 9.17) is 5.11 Å². The summed E-state index contributed by atoms with van der Waals surface area (Å²) >= 11 is 0. The predicted octanol–water partition coefficient (Wildman–Crippen LogP) is 2.92. The first-order valence-corrected chi connectivity index (χ1v) is 10.0. The van der Waals surface area contributed by atoms with Crippen molar-refractivity contribution in [3.63, 3.8) is 0 Å². The van der Waals surface area contributed by atoms with Gasteiger partial charge in [0.25, 0.3) is 5.91 Å². The maximum atomic E-state index is 12.5. The van der Waals surface area contributed by atoms with Gasteiger partial charge in [-0.15, -0.1) is 0 Å². The molecule has 0 radical (unpaired) electrons. The van der Waals surface area contributed by atoms with Gasteiger partial charge in [-0.2, -0.15) is 0 Å². The van der Waals surface area contributed by atoms with Crippen molar-refractivity contribution >= 4 is 27.4 Å². The van der Waals surface area contributed by atoms with Gasteiger partial charge in [-0.25, -0.2) is 8.42 Å². The molecule has 0 aliphatic rings. The first-order valence-electron chi connectivity index (χ1n) is 8.15. The molecule has 2 aromatic carbocycles. The minimum Gasteiger partial charge on any atom is -0.481 e. The largest absolute Gasteiger partial charge is 0.481 e. The van der Waals surface area contributed by atoms with Crippen LogP contribution in [0.2, 0.25) is 0 Å². The lowest BCUT2D eigenvalue weighted by molar-refractivity contribution is -0.136. The van der Waals surface area contributed by atoms with Crippen LogP contribution in [0.5, 0.6) is 0 Å². The van der Waals surface area contributed by atoms with E-state index in [0.29, 0.717) is 24.1 Å². The highest BCUT2D eigenvalue weighted by atomic mass is 32.2. The number of hydrogen-bond donors (Lipinski definition) is 2. The van der Waals surface area contributed by atoms with Gasteiger partial charge in [-0.05, 0) is 48.2 Å². The van der Waals surface area contributed by atoms with Gasteiger partial charge < -0.3 is 10.4 Å². The van der Waals surface area contributed by atoms with Crippen molar-refractivity contribution in [3.8, 4) is 0 Å². The Morgan fingerprint density at radius 3 is 2.46 bits per heavy atom. The van der Waals surface area contributed by atoms with Crippen LogP contribution in [0, 0.1) is 0 Å². The van der Waals surface area contributed by atoms with Crippen LogP contribution in [0.3, 0.4) is 0 Å². The van der Waals surface area contributed by atoms with E-state index in [1.165, 1.54) is 6.07 Å². The lowest BCUT2D eigenvalue weighted by Gasteiger charge is -2.10. The van der Waals surface area contributed by atoms with E-state index in [2.05, 4.69) is 5.32 Å². The molecule has 7 heteroatoms. The zero-order valence-corrected chi connectivity index (χ0v) is 15.5. The van der Waals surface area contributed by atoms with Gasteiger partial charge >= 0.3 is 5.97 Å². The van der Waals surface area contributed by atoms with Crippen LogP contribution in [-0.2, 0) is 27.5 Å². The first kappa shape index (κ1) is 19.7. The van der Waals surface area contributed by atoms with Gasteiger partial charge in [0.2, 0.25) is 0 Å². The highest BCUT2D eigenvalue weighted by molar-refractivity contribution is 7.90. The topological polar surface area (TPSA) is 101 Å². The molecule has 2 aromatic rings. The average molecular weight is 375 g/mol. The van der Waals surface area contributed by atoms with E-state index in [0.717, 1.165) is 11.8 Å². The number of carbonyl (C=O) groups excluding carboxylic acids is 1. The number of aliphatic carboxylic acids is 1. The summed E-state index contributed by atoms with van der Waals surface area (Å²) in [4.78, 5) is 23.3. The molecule has 0 spiro atoms. The van der Waals surface area contributed by atoms with Gasteiger partial charge in [0.1, 0.15) is 0 Å². The monoisotopic (exact) mass is 375 g/mol. The maximum Gasteiger partial charge on any atom is 0.303 e. The molecule has 0 unspecified atom stereocenters. The maximum absolute atomic E-state index is 12.5. The summed E-state index contributed by atoms with van der Waals surface area (Å²) in [5.74, 6) is -1.31. The summed E-state index contributed by atoms with van der Waals surface area (Å²) in [7, 11) is -3.43. The number of carboxylic acids is 1. The van der Waals surface area contributed by atoms with Crippen molar-refractivity contribution in [2.75, 3.05) is 11.6 Å². The minimum absolute atomic E-state index is 0.00754. The Hall–Kier alpha value is -2.67. The number of hydrogen-bond acceptors (Lipinski definition) is 4. The molecule has 6 nitrogen and oxygen atoms in total. The highest BCUT2D eigenvalue weighted by Gasteiger charge is 2.16. The van der Waals surface area contributed by atoms with Crippen LogP contribution in [-0.4, -0.2) is 31.7 Å². The quantitative estimate of drug-likeness (QED) is 0.775. The molecule has 0 heterocycles. The molecule has 0 aliphatic carbocycles. The molecule has 138 valence electrons. The summed E-state index contributed by atoms with van der Waals surface area (Å²) in [5, 5.41) is 11.5. The van der Waals surface area contributed by atoms with Crippen molar-refractivity contribution in [1.82, 2.24) is 0 Å². The average Bonchev–Trinajstić information content (AvgIpc) is 2.59. The number of rotatable bonds is 7. The van der Waals surface area contributed by atoms with Crippen molar-refractivity contribution in [3.05, 3.63) is 59.2 Å². The Kier molecular flexibility index (Phi) is 6.15. The number of nitrogens with one attached hydrogen (secondary N) is 1. The zero-order valence-electron chi connectivity index (χ0n) is 14.7. The number of benzene rings is 2. The van der Waals surface area contributed by atoms with E-state index >= 15 is 0 Å². The third-order valence-corrected chi connectivity index (χ3v) is 5.10. The molecular formula is C19H21NO5S. The molecule has 0 saturated heterocycles. The predicted molar refractivity (Wildman–Crippen MR) is 99.3 cm³/mol. The standard InChI is InChI=1S/C19H21NO5S/c1-3-14-8-9-15(12-17(14)26(2,24)25)19(23)20-16-6-4-5-13(11-16)7-10-18(21)22/h4-6,8-9,11-12H,3,7,10H2,1-2H3,(H,20,23)(H,21,22). The lowest BCUT2D eigenvalue weighted by Crippen LogP contribution is -2.14. The lowest BCUT2D eigenvalue weighted by atomic mass is 10.1. The van der Waals surface area contributed by atoms with Crippen LogP contribution < -0.4 is 5.32 Å². The van der Waals surface area contributed by atoms with Crippen molar-refractivity contribution in [2.24, 2.45) is 0 Å². The van der Waals surface area contributed by atoms with Crippen LogP contribution in [0.15, 0.2) is 47.4 Å². The van der Waals surface area contributed by atoms with E-state index in [-0.39, 0.29) is 16.9 Å². The van der Waals surface area contributed by atoms with Crippen molar-refractivity contribution < 1.29 is 23.1 Å². The van der Waals surface area contributed by atoms with Gasteiger partial charge in [-0.1, -0.05) is 25.1 Å². The second kappa shape index (κ2) is 8.14. The number of amides is 1. The Balaban J connectivity index is 2.23. The van der Waals surface area contributed by atoms with E-state index < -0.39 is 21.7 Å². The number of aryl methyl sites for hydroxylation is 2. The van der Waals surface area contributed by atoms with E-state index in [1.807, 2.05) is 6.92 Å². The fourth-order valence-corrected chi connectivity index (χ4v) is 3.62. The van der Waals surface area contributed by atoms with Crippen molar-refractivity contribution in [2.45, 2.75) is 31.1 Å². The van der Waals surface area contributed by atoms with Crippen molar-refractivity contribution in [1.29, 1.82) is 0 Å². The fraction of sp³-hybridized carbons (Fsp3) is 0.263. The number of sulfone groups is 1. The van der Waals surface area contributed by atoms with Crippen LogP contribution >= 0.6 is 0 Å². The Bertz CT molecular complexity index is 935. The van der Waals surface area contributed by atoms with Gasteiger partial charge in [0, 0.05) is 23.9 Å². The Labute approximate surface area is 152 Å².